The van der Waals surface area contributed by atoms with Crippen LogP contribution in [0.5, 0.6) is 0 Å². The summed E-state index contributed by atoms with van der Waals surface area (Å²) in [6, 6.07) is 0. The first-order chi connectivity index (χ1) is 8.33. The minimum atomic E-state index is -0.0809. The predicted octanol–water partition coefficient (Wildman–Crippen LogP) is 1.54. The lowest BCUT2D eigenvalue weighted by atomic mass is 9.84. The third kappa shape index (κ3) is 4.94. The maximum atomic E-state index is 12.1. The number of rotatable bonds is 5. The van der Waals surface area contributed by atoms with Gasteiger partial charge in [0.2, 0.25) is 5.91 Å². The second kappa shape index (κ2) is 6.53. The van der Waals surface area contributed by atoms with Crippen LogP contribution in [0.15, 0.2) is 0 Å². The SMILES string of the molecule is CC1OCCC1CNC(=O)C(CN)CC(C)(C)C. The maximum Gasteiger partial charge on any atom is 0.224 e. The van der Waals surface area contributed by atoms with Crippen LogP contribution >= 0.6 is 0 Å². The molecular weight excluding hydrogens is 228 g/mol. The molecule has 0 aromatic carbocycles. The van der Waals surface area contributed by atoms with Gasteiger partial charge >= 0.3 is 0 Å². The molecule has 0 saturated carbocycles. The van der Waals surface area contributed by atoms with E-state index < -0.39 is 0 Å². The minimum absolute atomic E-state index is 0.0809. The summed E-state index contributed by atoms with van der Waals surface area (Å²) in [7, 11) is 0. The second-order valence-corrected chi connectivity index (χ2v) is 6.57. The highest BCUT2D eigenvalue weighted by Crippen LogP contribution is 2.24. The Hall–Kier alpha value is -0.610. The molecule has 3 atom stereocenters. The number of carbonyl (C=O) groups excluding carboxylic acids is 1. The zero-order chi connectivity index (χ0) is 13.8. The third-order valence-electron chi connectivity index (χ3n) is 3.59. The van der Waals surface area contributed by atoms with E-state index in [4.69, 9.17) is 10.5 Å². The predicted molar refractivity (Wildman–Crippen MR) is 73.1 cm³/mol. The van der Waals surface area contributed by atoms with Crippen molar-refractivity contribution in [2.45, 2.75) is 46.6 Å². The van der Waals surface area contributed by atoms with Crippen molar-refractivity contribution in [3.8, 4) is 0 Å². The van der Waals surface area contributed by atoms with Gasteiger partial charge in [-0.15, -0.1) is 0 Å². The quantitative estimate of drug-likeness (QED) is 0.784. The molecule has 0 aliphatic carbocycles. The lowest BCUT2D eigenvalue weighted by molar-refractivity contribution is -0.125. The molecule has 1 aliphatic heterocycles. The fourth-order valence-corrected chi connectivity index (χ4v) is 2.44. The first-order valence-electron chi connectivity index (χ1n) is 6.93. The molecule has 1 fully saturated rings. The van der Waals surface area contributed by atoms with E-state index in [2.05, 4.69) is 33.0 Å². The second-order valence-electron chi connectivity index (χ2n) is 6.57. The number of ether oxygens (including phenoxy) is 1. The number of carbonyl (C=O) groups is 1. The van der Waals surface area contributed by atoms with Gasteiger partial charge in [0, 0.05) is 25.6 Å². The summed E-state index contributed by atoms with van der Waals surface area (Å²) >= 11 is 0. The Morgan fingerprint density at radius 3 is 2.61 bits per heavy atom. The van der Waals surface area contributed by atoms with E-state index in [9.17, 15) is 4.79 Å². The molecule has 18 heavy (non-hydrogen) atoms. The molecule has 1 saturated heterocycles. The van der Waals surface area contributed by atoms with E-state index in [1.165, 1.54) is 0 Å². The van der Waals surface area contributed by atoms with Gasteiger partial charge in [-0.1, -0.05) is 20.8 Å². The van der Waals surface area contributed by atoms with Gasteiger partial charge in [0.15, 0.2) is 0 Å². The average molecular weight is 256 g/mol. The van der Waals surface area contributed by atoms with Crippen molar-refractivity contribution in [3.05, 3.63) is 0 Å². The van der Waals surface area contributed by atoms with E-state index in [1.54, 1.807) is 0 Å². The van der Waals surface area contributed by atoms with Crippen molar-refractivity contribution in [3.63, 3.8) is 0 Å². The van der Waals surface area contributed by atoms with Gasteiger partial charge in [0.05, 0.1) is 12.0 Å². The first-order valence-corrected chi connectivity index (χ1v) is 6.93. The van der Waals surface area contributed by atoms with Crippen LogP contribution in [-0.4, -0.2) is 31.7 Å². The fraction of sp³-hybridized carbons (Fsp3) is 0.929. The van der Waals surface area contributed by atoms with E-state index in [0.29, 0.717) is 19.0 Å². The molecule has 0 aromatic heterocycles. The number of hydrogen-bond donors (Lipinski definition) is 2. The largest absolute Gasteiger partial charge is 0.378 e. The zero-order valence-corrected chi connectivity index (χ0v) is 12.2. The Morgan fingerprint density at radius 2 is 2.17 bits per heavy atom. The molecule has 106 valence electrons. The van der Waals surface area contributed by atoms with Gasteiger partial charge in [0.1, 0.15) is 0 Å². The normalized spacial score (nSPS) is 26.1. The van der Waals surface area contributed by atoms with Crippen LogP contribution in [0.2, 0.25) is 0 Å². The highest BCUT2D eigenvalue weighted by molar-refractivity contribution is 5.78. The summed E-state index contributed by atoms with van der Waals surface area (Å²) in [5.41, 5.74) is 5.84. The Balaban J connectivity index is 2.38. The van der Waals surface area contributed by atoms with Crippen molar-refractivity contribution < 1.29 is 9.53 Å². The summed E-state index contributed by atoms with van der Waals surface area (Å²) in [6.07, 6.45) is 2.12. The monoisotopic (exact) mass is 256 g/mol. The van der Waals surface area contributed by atoms with Gasteiger partial charge in [-0.05, 0) is 25.2 Å². The molecule has 0 spiro atoms. The summed E-state index contributed by atoms with van der Waals surface area (Å²) < 4.78 is 5.49. The summed E-state index contributed by atoms with van der Waals surface area (Å²) in [6.45, 7) is 10.4. The Morgan fingerprint density at radius 1 is 1.50 bits per heavy atom. The van der Waals surface area contributed by atoms with Gasteiger partial charge in [-0.2, -0.15) is 0 Å². The zero-order valence-electron chi connectivity index (χ0n) is 12.2. The Kier molecular flexibility index (Phi) is 5.60. The van der Waals surface area contributed by atoms with Gasteiger partial charge in [-0.3, -0.25) is 4.79 Å². The molecule has 4 nitrogen and oxygen atoms in total. The van der Waals surface area contributed by atoms with Crippen molar-refractivity contribution in [1.29, 1.82) is 0 Å². The van der Waals surface area contributed by atoms with Gasteiger partial charge in [-0.25, -0.2) is 0 Å². The molecule has 1 aliphatic rings. The molecular formula is C14H28N2O2. The lowest BCUT2D eigenvalue weighted by Gasteiger charge is -2.25. The van der Waals surface area contributed by atoms with E-state index in [1.807, 2.05) is 0 Å². The molecule has 4 heteroatoms. The van der Waals surface area contributed by atoms with E-state index in [-0.39, 0.29) is 23.3 Å². The van der Waals surface area contributed by atoms with Crippen molar-refractivity contribution >= 4 is 5.91 Å². The van der Waals surface area contributed by atoms with E-state index in [0.717, 1.165) is 19.4 Å². The van der Waals surface area contributed by atoms with Gasteiger partial charge in [0.25, 0.3) is 0 Å². The summed E-state index contributed by atoms with van der Waals surface area (Å²) in [4.78, 5) is 12.1. The number of nitrogens with one attached hydrogen (secondary N) is 1. The molecule has 0 aromatic rings. The maximum absolute atomic E-state index is 12.1. The summed E-state index contributed by atoms with van der Waals surface area (Å²) in [5, 5.41) is 3.03. The van der Waals surface area contributed by atoms with Gasteiger partial charge < -0.3 is 15.8 Å². The topological polar surface area (TPSA) is 64.3 Å². The van der Waals surface area contributed by atoms with Crippen molar-refractivity contribution in [1.82, 2.24) is 5.32 Å². The Bertz CT molecular complexity index is 273. The van der Waals surface area contributed by atoms with Crippen LogP contribution < -0.4 is 11.1 Å². The average Bonchev–Trinajstić information content (AvgIpc) is 2.67. The van der Waals surface area contributed by atoms with Crippen LogP contribution in [0, 0.1) is 17.3 Å². The molecule has 3 unspecified atom stereocenters. The number of amides is 1. The highest BCUT2D eigenvalue weighted by atomic mass is 16.5. The standard InChI is InChI=1S/C14H28N2O2/c1-10-11(5-6-18-10)9-16-13(17)12(8-15)7-14(2,3)4/h10-12H,5-9,15H2,1-4H3,(H,16,17). The summed E-state index contributed by atoms with van der Waals surface area (Å²) in [5.74, 6) is 0.455. The lowest BCUT2D eigenvalue weighted by Crippen LogP contribution is -2.40. The van der Waals surface area contributed by atoms with Crippen molar-refractivity contribution in [2.75, 3.05) is 19.7 Å². The van der Waals surface area contributed by atoms with Crippen LogP contribution in [0.25, 0.3) is 0 Å². The third-order valence-corrected chi connectivity index (χ3v) is 3.59. The van der Waals surface area contributed by atoms with Crippen LogP contribution in [0.4, 0.5) is 0 Å². The number of nitrogens with two attached hydrogens (primary N) is 1. The molecule has 1 rings (SSSR count). The first kappa shape index (κ1) is 15.4. The molecule has 3 N–H and O–H groups in total. The molecule has 0 bridgehead atoms. The van der Waals surface area contributed by atoms with Crippen LogP contribution in [0.3, 0.4) is 0 Å². The van der Waals surface area contributed by atoms with Crippen LogP contribution in [-0.2, 0) is 9.53 Å². The fourth-order valence-electron chi connectivity index (χ4n) is 2.44. The molecule has 1 heterocycles. The van der Waals surface area contributed by atoms with E-state index >= 15 is 0 Å². The smallest absolute Gasteiger partial charge is 0.224 e. The van der Waals surface area contributed by atoms with Crippen molar-refractivity contribution in [2.24, 2.45) is 23.0 Å². The highest BCUT2D eigenvalue weighted by Gasteiger charge is 2.27. The van der Waals surface area contributed by atoms with Crippen LogP contribution in [0.1, 0.15) is 40.5 Å². The molecule has 0 radical (unpaired) electrons. The minimum Gasteiger partial charge on any atom is -0.378 e. The number of hydrogen-bond acceptors (Lipinski definition) is 3. The Labute approximate surface area is 111 Å². The molecule has 1 amide bonds.